The van der Waals surface area contributed by atoms with E-state index in [9.17, 15) is 4.79 Å². The molecule has 0 aromatic heterocycles. The molecule has 0 radical (unpaired) electrons. The van der Waals surface area contributed by atoms with Crippen LogP contribution in [0.25, 0.3) is 0 Å². The maximum absolute atomic E-state index is 12.2. The van der Waals surface area contributed by atoms with Gasteiger partial charge in [0.25, 0.3) is 0 Å². The van der Waals surface area contributed by atoms with Gasteiger partial charge in [0, 0.05) is 18.8 Å². The quantitative estimate of drug-likeness (QED) is 0.778. The van der Waals surface area contributed by atoms with E-state index in [0.29, 0.717) is 0 Å². The molecule has 0 spiro atoms. The second-order valence-corrected chi connectivity index (χ2v) is 6.68. The number of carbonyl (C=O) groups excluding carboxylic acids is 1. The van der Waals surface area contributed by atoms with Crippen LogP contribution in [-0.4, -0.2) is 55.9 Å². The van der Waals surface area contributed by atoms with Gasteiger partial charge in [0.1, 0.15) is 6.10 Å². The smallest absolute Gasteiger partial charge is 0.309 e. The topological polar surface area (TPSA) is 50.8 Å². The number of esters is 1. The minimum atomic E-state index is -0.0302. The van der Waals surface area contributed by atoms with Gasteiger partial charge in [-0.1, -0.05) is 25.1 Å². The number of carbonyl (C=O) groups is 1. The summed E-state index contributed by atoms with van der Waals surface area (Å²) in [5.74, 6) is 0.00559. The standard InChI is InChI=1S/C19H28N2O3/c1-2-17(20-16-6-4-3-5-7-16)18-14-15(19(22)24-18)8-9-21-10-12-23-13-11-21/h3-7,15,17-18,20H,2,8-14H2,1H3. The van der Waals surface area contributed by atoms with Crippen LogP contribution in [0.5, 0.6) is 0 Å². The Balaban J connectivity index is 1.50. The first-order valence-electron chi connectivity index (χ1n) is 9.08. The molecule has 0 aliphatic carbocycles. The van der Waals surface area contributed by atoms with Crippen LogP contribution in [0.15, 0.2) is 30.3 Å². The molecule has 2 aliphatic heterocycles. The van der Waals surface area contributed by atoms with Crippen LogP contribution in [0.1, 0.15) is 26.2 Å². The van der Waals surface area contributed by atoms with Crippen molar-refractivity contribution in [2.45, 2.75) is 38.3 Å². The predicted molar refractivity (Wildman–Crippen MR) is 94.0 cm³/mol. The van der Waals surface area contributed by atoms with Crippen LogP contribution in [0.2, 0.25) is 0 Å². The van der Waals surface area contributed by atoms with Crippen LogP contribution in [0.3, 0.4) is 0 Å². The van der Waals surface area contributed by atoms with Crippen molar-refractivity contribution >= 4 is 11.7 Å². The van der Waals surface area contributed by atoms with Gasteiger partial charge in [-0.15, -0.1) is 0 Å². The molecule has 0 saturated carbocycles. The van der Waals surface area contributed by atoms with Crippen molar-refractivity contribution in [3.63, 3.8) is 0 Å². The normalized spacial score (nSPS) is 26.1. The Morgan fingerprint density at radius 2 is 2.00 bits per heavy atom. The van der Waals surface area contributed by atoms with E-state index >= 15 is 0 Å². The maximum Gasteiger partial charge on any atom is 0.309 e. The zero-order chi connectivity index (χ0) is 16.8. The third kappa shape index (κ3) is 4.48. The largest absolute Gasteiger partial charge is 0.460 e. The SMILES string of the molecule is CCC(Nc1ccccc1)C1CC(CCN2CCOCC2)C(=O)O1. The molecule has 24 heavy (non-hydrogen) atoms. The van der Waals surface area contributed by atoms with Gasteiger partial charge in [0.05, 0.1) is 25.2 Å². The van der Waals surface area contributed by atoms with Crippen molar-refractivity contribution in [1.82, 2.24) is 4.90 Å². The highest BCUT2D eigenvalue weighted by Crippen LogP contribution is 2.29. The summed E-state index contributed by atoms with van der Waals surface area (Å²) in [6.07, 6.45) is 2.61. The number of rotatable bonds is 7. The van der Waals surface area contributed by atoms with Crippen molar-refractivity contribution in [2.75, 3.05) is 38.2 Å². The van der Waals surface area contributed by atoms with Gasteiger partial charge in [0.15, 0.2) is 0 Å². The van der Waals surface area contributed by atoms with Crippen molar-refractivity contribution in [3.05, 3.63) is 30.3 Å². The Kier molecular flexibility index (Phi) is 6.10. The second kappa shape index (κ2) is 8.49. The summed E-state index contributed by atoms with van der Waals surface area (Å²) in [6.45, 7) is 6.64. The lowest BCUT2D eigenvalue weighted by atomic mass is 9.96. The van der Waals surface area contributed by atoms with E-state index < -0.39 is 0 Å². The van der Waals surface area contributed by atoms with Gasteiger partial charge in [-0.05, 0) is 37.9 Å². The third-order valence-electron chi connectivity index (χ3n) is 5.03. The number of ether oxygens (including phenoxy) is 2. The summed E-state index contributed by atoms with van der Waals surface area (Å²) < 4.78 is 11.1. The molecule has 1 aromatic carbocycles. The fourth-order valence-corrected chi connectivity index (χ4v) is 3.52. The molecule has 5 heteroatoms. The minimum Gasteiger partial charge on any atom is -0.460 e. The van der Waals surface area contributed by atoms with E-state index in [2.05, 4.69) is 29.3 Å². The Bertz CT molecular complexity index is 517. The number of benzene rings is 1. The van der Waals surface area contributed by atoms with Crippen molar-refractivity contribution in [3.8, 4) is 0 Å². The average Bonchev–Trinajstić information content (AvgIpc) is 3.00. The van der Waals surface area contributed by atoms with Gasteiger partial charge in [-0.2, -0.15) is 0 Å². The molecular formula is C19H28N2O3. The molecule has 2 aliphatic rings. The second-order valence-electron chi connectivity index (χ2n) is 6.68. The lowest BCUT2D eigenvalue weighted by Crippen LogP contribution is -2.37. The van der Waals surface area contributed by atoms with E-state index in [0.717, 1.165) is 57.8 Å². The van der Waals surface area contributed by atoms with E-state index in [1.807, 2.05) is 18.2 Å². The zero-order valence-electron chi connectivity index (χ0n) is 14.4. The number of nitrogens with zero attached hydrogens (tertiary/aromatic N) is 1. The number of hydrogen-bond donors (Lipinski definition) is 1. The molecule has 2 saturated heterocycles. The fraction of sp³-hybridized carbons (Fsp3) is 0.632. The number of cyclic esters (lactones) is 1. The highest BCUT2D eigenvalue weighted by Gasteiger charge is 2.38. The molecule has 3 atom stereocenters. The van der Waals surface area contributed by atoms with Gasteiger partial charge >= 0.3 is 5.97 Å². The highest BCUT2D eigenvalue weighted by atomic mass is 16.6. The van der Waals surface area contributed by atoms with Crippen molar-refractivity contribution in [1.29, 1.82) is 0 Å². The highest BCUT2D eigenvalue weighted by molar-refractivity contribution is 5.74. The monoisotopic (exact) mass is 332 g/mol. The number of hydrogen-bond acceptors (Lipinski definition) is 5. The Hall–Kier alpha value is -1.59. The lowest BCUT2D eigenvalue weighted by Gasteiger charge is -2.27. The maximum atomic E-state index is 12.2. The van der Waals surface area contributed by atoms with Crippen molar-refractivity contribution in [2.24, 2.45) is 5.92 Å². The molecule has 3 unspecified atom stereocenters. The number of anilines is 1. The molecule has 1 aromatic rings. The molecule has 0 amide bonds. The van der Waals surface area contributed by atoms with Crippen LogP contribution in [-0.2, 0) is 14.3 Å². The van der Waals surface area contributed by atoms with E-state index in [4.69, 9.17) is 9.47 Å². The van der Waals surface area contributed by atoms with Gasteiger partial charge in [0.2, 0.25) is 0 Å². The number of para-hydroxylation sites is 1. The summed E-state index contributed by atoms with van der Waals surface area (Å²) in [5.41, 5.74) is 1.08. The number of morpholine rings is 1. The van der Waals surface area contributed by atoms with Crippen LogP contribution in [0, 0.1) is 5.92 Å². The van der Waals surface area contributed by atoms with Gasteiger partial charge in [-0.3, -0.25) is 9.69 Å². The molecule has 2 heterocycles. The Morgan fingerprint density at radius 3 is 2.71 bits per heavy atom. The zero-order valence-corrected chi connectivity index (χ0v) is 14.4. The third-order valence-corrected chi connectivity index (χ3v) is 5.03. The molecule has 1 N–H and O–H groups in total. The first kappa shape index (κ1) is 17.2. The van der Waals surface area contributed by atoms with Gasteiger partial charge < -0.3 is 14.8 Å². The predicted octanol–water partition coefficient (Wildman–Crippen LogP) is 2.53. The first-order chi connectivity index (χ1) is 11.8. The lowest BCUT2D eigenvalue weighted by molar-refractivity contribution is -0.145. The summed E-state index contributed by atoms with van der Waals surface area (Å²) in [6, 6.07) is 10.3. The molecule has 2 fully saturated rings. The molecule has 132 valence electrons. The Labute approximate surface area is 144 Å². The van der Waals surface area contributed by atoms with Crippen LogP contribution < -0.4 is 5.32 Å². The van der Waals surface area contributed by atoms with E-state index in [-0.39, 0.29) is 24.0 Å². The van der Waals surface area contributed by atoms with Crippen LogP contribution >= 0.6 is 0 Å². The molecule has 5 nitrogen and oxygen atoms in total. The summed E-state index contributed by atoms with van der Waals surface area (Å²) >= 11 is 0. The summed E-state index contributed by atoms with van der Waals surface area (Å²) in [7, 11) is 0. The summed E-state index contributed by atoms with van der Waals surface area (Å²) in [4.78, 5) is 14.6. The molecule has 3 rings (SSSR count). The van der Waals surface area contributed by atoms with Crippen molar-refractivity contribution < 1.29 is 14.3 Å². The summed E-state index contributed by atoms with van der Waals surface area (Å²) in [5, 5.41) is 3.51. The molecule has 0 bridgehead atoms. The average molecular weight is 332 g/mol. The van der Waals surface area contributed by atoms with Gasteiger partial charge in [-0.25, -0.2) is 0 Å². The Morgan fingerprint density at radius 1 is 1.25 bits per heavy atom. The van der Waals surface area contributed by atoms with E-state index in [1.54, 1.807) is 0 Å². The molecular weight excluding hydrogens is 304 g/mol. The first-order valence-corrected chi connectivity index (χ1v) is 9.08. The van der Waals surface area contributed by atoms with Crippen LogP contribution in [0.4, 0.5) is 5.69 Å². The number of nitrogens with one attached hydrogen (secondary N) is 1. The fourth-order valence-electron chi connectivity index (χ4n) is 3.52. The van der Waals surface area contributed by atoms with E-state index in [1.165, 1.54) is 0 Å². The minimum absolute atomic E-state index is 0.0263.